The Morgan fingerprint density at radius 3 is 2.40 bits per heavy atom. The Morgan fingerprint density at radius 1 is 1.15 bits per heavy atom. The van der Waals surface area contributed by atoms with Gasteiger partial charge in [0.05, 0.1) is 0 Å². The first-order valence-corrected chi connectivity index (χ1v) is 6.33. The van der Waals surface area contributed by atoms with Crippen molar-refractivity contribution in [1.29, 1.82) is 0 Å². The van der Waals surface area contributed by atoms with Crippen molar-refractivity contribution in [2.24, 2.45) is 0 Å². The van der Waals surface area contributed by atoms with E-state index in [4.69, 9.17) is 9.84 Å². The number of aryl methyl sites for hydroxylation is 1. The average molecular weight is 274 g/mol. The summed E-state index contributed by atoms with van der Waals surface area (Å²) in [4.78, 5) is 11.0. The first kappa shape index (κ1) is 14.1. The van der Waals surface area contributed by atoms with Gasteiger partial charge in [0, 0.05) is 6.07 Å². The Labute approximate surface area is 116 Å². The van der Waals surface area contributed by atoms with Gasteiger partial charge < -0.3 is 9.84 Å². The lowest BCUT2D eigenvalue weighted by atomic mass is 10.1. The molecule has 0 aromatic heterocycles. The van der Waals surface area contributed by atoms with Crippen LogP contribution in [0.15, 0.2) is 42.5 Å². The third-order valence-corrected chi connectivity index (χ3v) is 3.00. The Morgan fingerprint density at radius 2 is 1.80 bits per heavy atom. The fourth-order valence-electron chi connectivity index (χ4n) is 1.82. The van der Waals surface area contributed by atoms with E-state index in [9.17, 15) is 9.18 Å². The highest BCUT2D eigenvalue weighted by atomic mass is 19.1. The molecule has 0 aliphatic heterocycles. The SMILES string of the molecule is CCc1ccc(COc2cc(F)ccc2C(=O)O)cc1. The van der Waals surface area contributed by atoms with Gasteiger partial charge in [-0.05, 0) is 29.7 Å². The molecule has 104 valence electrons. The van der Waals surface area contributed by atoms with Gasteiger partial charge in [-0.15, -0.1) is 0 Å². The van der Waals surface area contributed by atoms with Gasteiger partial charge in [-0.1, -0.05) is 31.2 Å². The maximum Gasteiger partial charge on any atom is 0.339 e. The zero-order valence-electron chi connectivity index (χ0n) is 11.1. The quantitative estimate of drug-likeness (QED) is 0.905. The number of hydrogen-bond acceptors (Lipinski definition) is 2. The molecular weight excluding hydrogens is 259 g/mol. The van der Waals surface area contributed by atoms with Gasteiger partial charge in [-0.25, -0.2) is 9.18 Å². The van der Waals surface area contributed by atoms with Gasteiger partial charge in [-0.3, -0.25) is 0 Å². The van der Waals surface area contributed by atoms with Crippen LogP contribution in [0.1, 0.15) is 28.4 Å². The Kier molecular flexibility index (Phi) is 4.35. The predicted octanol–water partition coefficient (Wildman–Crippen LogP) is 3.67. The molecule has 0 unspecified atom stereocenters. The van der Waals surface area contributed by atoms with Crippen LogP contribution in [0, 0.1) is 5.82 Å². The van der Waals surface area contributed by atoms with Crippen molar-refractivity contribution in [1.82, 2.24) is 0 Å². The van der Waals surface area contributed by atoms with Crippen molar-refractivity contribution < 1.29 is 19.0 Å². The predicted molar refractivity (Wildman–Crippen MR) is 73.5 cm³/mol. The first-order chi connectivity index (χ1) is 9.60. The van der Waals surface area contributed by atoms with E-state index in [1.54, 1.807) is 0 Å². The molecule has 0 heterocycles. The number of ether oxygens (including phenoxy) is 1. The number of carboxylic acids is 1. The third kappa shape index (κ3) is 3.35. The zero-order valence-corrected chi connectivity index (χ0v) is 11.1. The molecule has 0 fully saturated rings. The summed E-state index contributed by atoms with van der Waals surface area (Å²) in [5.74, 6) is -1.62. The summed E-state index contributed by atoms with van der Waals surface area (Å²) in [7, 11) is 0. The largest absolute Gasteiger partial charge is 0.488 e. The minimum Gasteiger partial charge on any atom is -0.488 e. The molecule has 2 aromatic rings. The number of hydrogen-bond donors (Lipinski definition) is 1. The molecule has 0 aliphatic rings. The molecule has 3 nitrogen and oxygen atoms in total. The van der Waals surface area contributed by atoms with Crippen LogP contribution < -0.4 is 4.74 Å². The van der Waals surface area contributed by atoms with Gasteiger partial charge in [0.1, 0.15) is 23.7 Å². The van der Waals surface area contributed by atoms with E-state index in [0.29, 0.717) is 0 Å². The topological polar surface area (TPSA) is 46.5 Å². The molecule has 0 bridgehead atoms. The Hall–Kier alpha value is -2.36. The standard InChI is InChI=1S/C16H15FO3/c1-2-11-3-5-12(6-4-11)10-20-15-9-13(17)7-8-14(15)16(18)19/h3-9H,2,10H2,1H3,(H,18,19). The highest BCUT2D eigenvalue weighted by Crippen LogP contribution is 2.21. The number of aromatic carboxylic acids is 1. The molecule has 0 spiro atoms. The molecule has 0 saturated heterocycles. The van der Waals surface area contributed by atoms with Crippen molar-refractivity contribution in [3.8, 4) is 5.75 Å². The van der Waals surface area contributed by atoms with Crippen molar-refractivity contribution in [3.63, 3.8) is 0 Å². The second-order valence-corrected chi connectivity index (χ2v) is 4.40. The van der Waals surface area contributed by atoms with Crippen LogP contribution in [0.25, 0.3) is 0 Å². The summed E-state index contributed by atoms with van der Waals surface area (Å²) in [6, 6.07) is 11.2. The van der Waals surface area contributed by atoms with Crippen LogP contribution in [0.3, 0.4) is 0 Å². The van der Waals surface area contributed by atoms with E-state index in [2.05, 4.69) is 6.92 Å². The van der Waals surface area contributed by atoms with E-state index in [1.165, 1.54) is 11.6 Å². The molecule has 4 heteroatoms. The Bertz CT molecular complexity index is 606. The van der Waals surface area contributed by atoms with Crippen LogP contribution in [0.2, 0.25) is 0 Å². The fourth-order valence-corrected chi connectivity index (χ4v) is 1.82. The lowest BCUT2D eigenvalue weighted by molar-refractivity contribution is 0.0691. The van der Waals surface area contributed by atoms with Crippen molar-refractivity contribution in [2.75, 3.05) is 0 Å². The average Bonchev–Trinajstić information content (AvgIpc) is 2.45. The minimum absolute atomic E-state index is 0.0390. The molecule has 2 rings (SSSR count). The second kappa shape index (κ2) is 6.19. The zero-order chi connectivity index (χ0) is 14.5. The smallest absolute Gasteiger partial charge is 0.339 e. The van der Waals surface area contributed by atoms with Crippen molar-refractivity contribution >= 4 is 5.97 Å². The molecule has 2 aromatic carbocycles. The third-order valence-electron chi connectivity index (χ3n) is 3.00. The monoisotopic (exact) mass is 274 g/mol. The summed E-state index contributed by atoms with van der Waals surface area (Å²) in [5, 5.41) is 9.02. The maximum atomic E-state index is 13.2. The number of benzene rings is 2. The van der Waals surface area contributed by atoms with Crippen LogP contribution in [-0.2, 0) is 13.0 Å². The lowest BCUT2D eigenvalue weighted by Crippen LogP contribution is -2.04. The number of halogens is 1. The maximum absolute atomic E-state index is 13.2. The van der Waals surface area contributed by atoms with Crippen molar-refractivity contribution in [2.45, 2.75) is 20.0 Å². The normalized spacial score (nSPS) is 10.3. The van der Waals surface area contributed by atoms with Crippen LogP contribution in [0.4, 0.5) is 4.39 Å². The van der Waals surface area contributed by atoms with E-state index in [1.807, 2.05) is 24.3 Å². The first-order valence-electron chi connectivity index (χ1n) is 6.33. The molecular formula is C16H15FO3. The van der Waals surface area contributed by atoms with E-state index in [0.717, 1.165) is 24.1 Å². The molecule has 0 aliphatic carbocycles. The Balaban J connectivity index is 2.13. The van der Waals surface area contributed by atoms with E-state index >= 15 is 0 Å². The summed E-state index contributed by atoms with van der Waals surface area (Å²) < 4.78 is 18.6. The fraction of sp³-hybridized carbons (Fsp3) is 0.188. The van der Waals surface area contributed by atoms with Crippen LogP contribution in [-0.4, -0.2) is 11.1 Å². The van der Waals surface area contributed by atoms with Gasteiger partial charge in [-0.2, -0.15) is 0 Å². The molecule has 20 heavy (non-hydrogen) atoms. The van der Waals surface area contributed by atoms with Crippen LogP contribution >= 0.6 is 0 Å². The summed E-state index contributed by atoms with van der Waals surface area (Å²) in [5.41, 5.74) is 2.07. The molecule has 0 radical (unpaired) electrons. The lowest BCUT2D eigenvalue weighted by Gasteiger charge is -2.09. The molecule has 1 N–H and O–H groups in total. The number of carbonyl (C=O) groups is 1. The highest BCUT2D eigenvalue weighted by Gasteiger charge is 2.12. The molecule has 0 amide bonds. The van der Waals surface area contributed by atoms with Gasteiger partial charge in [0.2, 0.25) is 0 Å². The van der Waals surface area contributed by atoms with Gasteiger partial charge in [0.25, 0.3) is 0 Å². The minimum atomic E-state index is -1.14. The summed E-state index contributed by atoms with van der Waals surface area (Å²) >= 11 is 0. The summed E-state index contributed by atoms with van der Waals surface area (Å²) in [6.07, 6.45) is 0.953. The van der Waals surface area contributed by atoms with Gasteiger partial charge >= 0.3 is 5.97 Å². The van der Waals surface area contributed by atoms with E-state index in [-0.39, 0.29) is 17.9 Å². The second-order valence-electron chi connectivity index (χ2n) is 4.40. The number of rotatable bonds is 5. The highest BCUT2D eigenvalue weighted by molar-refractivity contribution is 5.90. The molecule has 0 saturated carbocycles. The van der Waals surface area contributed by atoms with Crippen LogP contribution in [0.5, 0.6) is 5.75 Å². The number of carboxylic acid groups (broad SMARTS) is 1. The summed E-state index contributed by atoms with van der Waals surface area (Å²) in [6.45, 7) is 2.27. The van der Waals surface area contributed by atoms with E-state index < -0.39 is 11.8 Å². The van der Waals surface area contributed by atoms with Gasteiger partial charge in [0.15, 0.2) is 0 Å². The molecule has 0 atom stereocenters. The van der Waals surface area contributed by atoms with Crippen molar-refractivity contribution in [3.05, 3.63) is 65.0 Å².